The molecule has 1 aromatic carbocycles. The SMILES string of the molecule is C=CCOC(=O)Nc1ccc(N(C)CCCC)cc1C(=O)O. The number of aromatic carboxylic acids is 1. The lowest BCUT2D eigenvalue weighted by atomic mass is 10.1. The standard InChI is InChI=1S/C16H22N2O4/c1-4-6-9-18(3)12-7-8-14(13(11-12)15(19)20)17-16(21)22-10-5-2/h5,7-8,11H,2,4,6,9-10H2,1,3H3,(H,17,21)(H,19,20). The first-order chi connectivity index (χ1) is 10.5. The molecule has 0 fully saturated rings. The van der Waals surface area contributed by atoms with Crippen molar-refractivity contribution in [1.82, 2.24) is 0 Å². The van der Waals surface area contributed by atoms with Crippen molar-refractivity contribution in [2.75, 3.05) is 30.4 Å². The molecule has 0 saturated carbocycles. The summed E-state index contributed by atoms with van der Waals surface area (Å²) in [5, 5.41) is 11.7. The van der Waals surface area contributed by atoms with Gasteiger partial charge in [-0.3, -0.25) is 5.32 Å². The first kappa shape index (κ1) is 17.6. The van der Waals surface area contributed by atoms with E-state index in [0.29, 0.717) is 0 Å². The van der Waals surface area contributed by atoms with E-state index >= 15 is 0 Å². The quantitative estimate of drug-likeness (QED) is 0.720. The van der Waals surface area contributed by atoms with Crippen molar-refractivity contribution in [3.8, 4) is 0 Å². The predicted molar refractivity (Wildman–Crippen MR) is 86.7 cm³/mol. The maximum Gasteiger partial charge on any atom is 0.411 e. The number of carbonyl (C=O) groups excluding carboxylic acids is 1. The van der Waals surface area contributed by atoms with Gasteiger partial charge in [0.1, 0.15) is 6.61 Å². The van der Waals surface area contributed by atoms with Crippen LogP contribution in [-0.2, 0) is 4.74 Å². The fourth-order valence-electron chi connectivity index (χ4n) is 1.86. The minimum atomic E-state index is -1.11. The zero-order chi connectivity index (χ0) is 16.5. The van der Waals surface area contributed by atoms with Gasteiger partial charge < -0.3 is 14.7 Å². The van der Waals surface area contributed by atoms with Crippen LogP contribution in [0.2, 0.25) is 0 Å². The third-order valence-corrected chi connectivity index (χ3v) is 3.09. The topological polar surface area (TPSA) is 78.9 Å². The van der Waals surface area contributed by atoms with E-state index < -0.39 is 12.1 Å². The Hall–Kier alpha value is -2.50. The van der Waals surface area contributed by atoms with Crippen molar-refractivity contribution in [2.45, 2.75) is 19.8 Å². The number of nitrogens with one attached hydrogen (secondary N) is 1. The summed E-state index contributed by atoms with van der Waals surface area (Å²) in [6.45, 7) is 6.43. The number of hydrogen-bond donors (Lipinski definition) is 2. The molecule has 6 nitrogen and oxygen atoms in total. The summed E-state index contributed by atoms with van der Waals surface area (Å²) in [7, 11) is 1.90. The molecule has 1 aromatic rings. The second-order valence-electron chi connectivity index (χ2n) is 4.82. The highest BCUT2D eigenvalue weighted by molar-refractivity contribution is 5.99. The molecule has 2 N–H and O–H groups in total. The molecule has 6 heteroatoms. The Bertz CT molecular complexity index is 543. The third-order valence-electron chi connectivity index (χ3n) is 3.09. The third kappa shape index (κ3) is 5.12. The van der Waals surface area contributed by atoms with Gasteiger partial charge >= 0.3 is 12.1 Å². The van der Waals surface area contributed by atoms with Crippen molar-refractivity contribution in [3.63, 3.8) is 0 Å². The summed E-state index contributed by atoms with van der Waals surface area (Å²) in [6, 6.07) is 4.88. The summed E-state index contributed by atoms with van der Waals surface area (Å²) in [5.74, 6) is -1.11. The zero-order valence-electron chi connectivity index (χ0n) is 13.0. The van der Waals surface area contributed by atoms with E-state index in [-0.39, 0.29) is 17.9 Å². The van der Waals surface area contributed by atoms with Gasteiger partial charge in [-0.15, -0.1) is 0 Å². The van der Waals surface area contributed by atoms with E-state index in [9.17, 15) is 14.7 Å². The largest absolute Gasteiger partial charge is 0.478 e. The summed E-state index contributed by atoms with van der Waals surface area (Å²) >= 11 is 0. The maximum absolute atomic E-state index is 11.5. The molecule has 0 bridgehead atoms. The average molecular weight is 306 g/mol. The van der Waals surface area contributed by atoms with Crippen LogP contribution in [-0.4, -0.2) is 37.4 Å². The number of rotatable bonds is 8. The van der Waals surface area contributed by atoms with Crippen LogP contribution < -0.4 is 10.2 Å². The summed E-state index contributed by atoms with van der Waals surface area (Å²) in [6.07, 6.45) is 2.80. The van der Waals surface area contributed by atoms with Crippen LogP contribution in [0, 0.1) is 0 Å². The van der Waals surface area contributed by atoms with E-state index in [1.165, 1.54) is 6.08 Å². The predicted octanol–water partition coefficient (Wildman–Crippen LogP) is 3.36. The number of carboxylic acids is 1. The Morgan fingerprint density at radius 3 is 2.77 bits per heavy atom. The molecule has 0 aliphatic heterocycles. The minimum Gasteiger partial charge on any atom is -0.478 e. The Kier molecular flexibility index (Phi) is 6.95. The molecule has 22 heavy (non-hydrogen) atoms. The summed E-state index contributed by atoms with van der Waals surface area (Å²) in [5.41, 5.74) is 1.02. The molecule has 1 amide bonds. The number of anilines is 2. The van der Waals surface area contributed by atoms with Gasteiger partial charge in [0.15, 0.2) is 0 Å². The van der Waals surface area contributed by atoms with Crippen molar-refractivity contribution >= 4 is 23.4 Å². The number of amides is 1. The fourth-order valence-corrected chi connectivity index (χ4v) is 1.86. The highest BCUT2D eigenvalue weighted by Crippen LogP contribution is 2.23. The summed E-state index contributed by atoms with van der Waals surface area (Å²) in [4.78, 5) is 24.9. The number of unbranched alkanes of at least 4 members (excludes halogenated alkanes) is 1. The van der Waals surface area contributed by atoms with E-state index in [1.807, 2.05) is 11.9 Å². The van der Waals surface area contributed by atoms with Gasteiger partial charge in [0.25, 0.3) is 0 Å². The number of hydrogen-bond acceptors (Lipinski definition) is 4. The second-order valence-corrected chi connectivity index (χ2v) is 4.82. The lowest BCUT2D eigenvalue weighted by Gasteiger charge is -2.20. The molecule has 0 aromatic heterocycles. The van der Waals surface area contributed by atoms with Crippen LogP contribution >= 0.6 is 0 Å². The number of nitrogens with zero attached hydrogens (tertiary/aromatic N) is 1. The molecular weight excluding hydrogens is 284 g/mol. The molecule has 0 heterocycles. The number of carboxylic acid groups (broad SMARTS) is 1. The minimum absolute atomic E-state index is 0.0244. The lowest BCUT2D eigenvalue weighted by Crippen LogP contribution is -2.20. The first-order valence-corrected chi connectivity index (χ1v) is 7.12. The van der Waals surface area contributed by atoms with E-state index in [0.717, 1.165) is 25.1 Å². The molecule has 0 aliphatic rings. The van der Waals surface area contributed by atoms with Crippen LogP contribution in [0.3, 0.4) is 0 Å². The summed E-state index contributed by atoms with van der Waals surface area (Å²) < 4.78 is 4.79. The van der Waals surface area contributed by atoms with Gasteiger partial charge in [-0.2, -0.15) is 0 Å². The Morgan fingerprint density at radius 1 is 1.45 bits per heavy atom. The number of benzene rings is 1. The maximum atomic E-state index is 11.5. The Morgan fingerprint density at radius 2 is 2.18 bits per heavy atom. The number of carbonyl (C=O) groups is 2. The Balaban J connectivity index is 2.92. The number of ether oxygens (including phenoxy) is 1. The smallest absolute Gasteiger partial charge is 0.411 e. The van der Waals surface area contributed by atoms with Gasteiger partial charge in [-0.1, -0.05) is 26.0 Å². The van der Waals surface area contributed by atoms with Gasteiger partial charge in [0.2, 0.25) is 0 Å². The van der Waals surface area contributed by atoms with E-state index in [4.69, 9.17) is 4.74 Å². The average Bonchev–Trinajstić information content (AvgIpc) is 2.50. The molecule has 0 radical (unpaired) electrons. The van der Waals surface area contributed by atoms with Crippen LogP contribution in [0.15, 0.2) is 30.9 Å². The van der Waals surface area contributed by atoms with Gasteiger partial charge in [0, 0.05) is 19.3 Å². The highest BCUT2D eigenvalue weighted by atomic mass is 16.5. The molecule has 0 unspecified atom stereocenters. The van der Waals surface area contributed by atoms with E-state index in [1.54, 1.807) is 18.2 Å². The molecule has 1 rings (SSSR count). The monoisotopic (exact) mass is 306 g/mol. The normalized spacial score (nSPS) is 9.91. The first-order valence-electron chi connectivity index (χ1n) is 7.12. The van der Waals surface area contributed by atoms with Gasteiger partial charge in [0.05, 0.1) is 11.3 Å². The fraction of sp³-hybridized carbons (Fsp3) is 0.375. The lowest BCUT2D eigenvalue weighted by molar-refractivity contribution is 0.0698. The molecule has 0 atom stereocenters. The highest BCUT2D eigenvalue weighted by Gasteiger charge is 2.15. The Labute approximate surface area is 130 Å². The van der Waals surface area contributed by atoms with Crippen molar-refractivity contribution in [1.29, 1.82) is 0 Å². The van der Waals surface area contributed by atoms with Gasteiger partial charge in [-0.05, 0) is 24.6 Å². The molecule has 0 aliphatic carbocycles. The van der Waals surface area contributed by atoms with Crippen LogP contribution in [0.4, 0.5) is 16.2 Å². The van der Waals surface area contributed by atoms with Crippen molar-refractivity contribution in [2.24, 2.45) is 0 Å². The second kappa shape index (κ2) is 8.71. The van der Waals surface area contributed by atoms with Crippen LogP contribution in [0.25, 0.3) is 0 Å². The van der Waals surface area contributed by atoms with E-state index in [2.05, 4.69) is 18.8 Å². The van der Waals surface area contributed by atoms with Crippen LogP contribution in [0.1, 0.15) is 30.1 Å². The molecular formula is C16H22N2O4. The van der Waals surface area contributed by atoms with Gasteiger partial charge in [-0.25, -0.2) is 9.59 Å². The molecule has 120 valence electrons. The van der Waals surface area contributed by atoms with Crippen LogP contribution in [0.5, 0.6) is 0 Å². The zero-order valence-corrected chi connectivity index (χ0v) is 13.0. The van der Waals surface area contributed by atoms with Crippen molar-refractivity contribution < 1.29 is 19.4 Å². The molecule has 0 spiro atoms. The molecule has 0 saturated heterocycles. The van der Waals surface area contributed by atoms with Crippen molar-refractivity contribution in [3.05, 3.63) is 36.4 Å².